The van der Waals surface area contributed by atoms with Crippen LogP contribution < -0.4 is 10.6 Å². The Bertz CT molecular complexity index is 578. The Kier molecular flexibility index (Phi) is 5.34. The number of aromatic nitrogens is 1. The van der Waals surface area contributed by atoms with Crippen molar-refractivity contribution in [3.05, 3.63) is 41.7 Å². The molecule has 6 heteroatoms. The third kappa shape index (κ3) is 4.61. The lowest BCUT2D eigenvalue weighted by Crippen LogP contribution is -2.36. The summed E-state index contributed by atoms with van der Waals surface area (Å²) in [6, 6.07) is 9.57. The molecular formula is C15H19N3O3. The van der Waals surface area contributed by atoms with Gasteiger partial charge in [0, 0.05) is 25.3 Å². The molecule has 21 heavy (non-hydrogen) atoms. The van der Waals surface area contributed by atoms with Crippen LogP contribution in [0.1, 0.15) is 11.3 Å². The zero-order valence-corrected chi connectivity index (χ0v) is 12.2. The van der Waals surface area contributed by atoms with E-state index < -0.39 is 0 Å². The molecule has 0 saturated heterocycles. The first-order valence-electron chi connectivity index (χ1n) is 6.72. The van der Waals surface area contributed by atoms with Crippen molar-refractivity contribution in [2.24, 2.45) is 0 Å². The van der Waals surface area contributed by atoms with Gasteiger partial charge in [-0.25, -0.2) is 4.79 Å². The summed E-state index contributed by atoms with van der Waals surface area (Å²) in [5, 5.41) is 9.36. The van der Waals surface area contributed by atoms with E-state index in [1.807, 2.05) is 37.3 Å². The first kappa shape index (κ1) is 15.1. The van der Waals surface area contributed by atoms with Crippen LogP contribution in [0, 0.1) is 6.92 Å². The number of rotatable bonds is 6. The van der Waals surface area contributed by atoms with Gasteiger partial charge in [-0.2, -0.15) is 0 Å². The van der Waals surface area contributed by atoms with E-state index in [0.717, 1.165) is 11.3 Å². The summed E-state index contributed by atoms with van der Waals surface area (Å²) in [4.78, 5) is 11.5. The average molecular weight is 289 g/mol. The number of nitrogens with zero attached hydrogens (tertiary/aromatic N) is 1. The number of urea groups is 1. The number of carbonyl (C=O) groups excluding carboxylic acids is 1. The standard InChI is InChI=1S/C15H19N3O3/c1-11-3-5-12(6-4-11)14-9-13(21-18-14)10-17-15(19)16-7-8-20-2/h3-6,9H,7-8,10H2,1-2H3,(H2,16,17,19). The number of hydrogen-bond acceptors (Lipinski definition) is 4. The highest BCUT2D eigenvalue weighted by molar-refractivity contribution is 5.73. The molecule has 0 spiro atoms. The van der Waals surface area contributed by atoms with Crippen LogP contribution in [0.5, 0.6) is 0 Å². The zero-order chi connectivity index (χ0) is 15.1. The Morgan fingerprint density at radius 1 is 1.29 bits per heavy atom. The van der Waals surface area contributed by atoms with E-state index in [1.165, 1.54) is 5.56 Å². The average Bonchev–Trinajstić information content (AvgIpc) is 2.95. The number of nitrogens with one attached hydrogen (secondary N) is 2. The van der Waals surface area contributed by atoms with Crippen molar-refractivity contribution in [1.29, 1.82) is 0 Å². The second-order valence-corrected chi connectivity index (χ2v) is 4.65. The highest BCUT2D eigenvalue weighted by Gasteiger charge is 2.07. The minimum Gasteiger partial charge on any atom is -0.383 e. The molecule has 2 amide bonds. The van der Waals surface area contributed by atoms with Gasteiger partial charge in [0.2, 0.25) is 0 Å². The molecule has 0 aliphatic rings. The number of amides is 2. The Morgan fingerprint density at radius 3 is 2.76 bits per heavy atom. The summed E-state index contributed by atoms with van der Waals surface area (Å²) in [6.45, 7) is 3.27. The normalized spacial score (nSPS) is 10.4. The molecule has 0 fully saturated rings. The summed E-state index contributed by atoms with van der Waals surface area (Å²) in [6.07, 6.45) is 0. The van der Waals surface area contributed by atoms with Crippen molar-refractivity contribution < 1.29 is 14.1 Å². The number of ether oxygens (including phenoxy) is 1. The molecule has 0 saturated carbocycles. The molecule has 0 atom stereocenters. The minimum atomic E-state index is -0.264. The molecule has 6 nitrogen and oxygen atoms in total. The molecule has 0 radical (unpaired) electrons. The fraction of sp³-hybridized carbons (Fsp3) is 0.333. The predicted molar refractivity (Wildman–Crippen MR) is 78.8 cm³/mol. The molecule has 2 N–H and O–H groups in total. The van der Waals surface area contributed by atoms with E-state index in [0.29, 0.717) is 18.9 Å². The molecule has 0 unspecified atom stereocenters. The lowest BCUT2D eigenvalue weighted by atomic mass is 10.1. The van der Waals surface area contributed by atoms with Crippen LogP contribution in [-0.4, -0.2) is 31.4 Å². The summed E-state index contributed by atoms with van der Waals surface area (Å²) in [5.41, 5.74) is 2.93. The molecule has 0 bridgehead atoms. The molecule has 2 rings (SSSR count). The maximum absolute atomic E-state index is 11.5. The third-order valence-electron chi connectivity index (χ3n) is 2.92. The minimum absolute atomic E-state index is 0.264. The van der Waals surface area contributed by atoms with Gasteiger partial charge < -0.3 is 19.9 Å². The Hall–Kier alpha value is -2.34. The Balaban J connectivity index is 1.86. The van der Waals surface area contributed by atoms with Crippen LogP contribution in [0.4, 0.5) is 4.79 Å². The SMILES string of the molecule is COCCNC(=O)NCc1cc(-c2ccc(C)cc2)no1. The van der Waals surface area contributed by atoms with Gasteiger partial charge in [-0.15, -0.1) is 0 Å². The molecule has 2 aromatic rings. The van der Waals surface area contributed by atoms with E-state index >= 15 is 0 Å². The number of aryl methyl sites for hydroxylation is 1. The van der Waals surface area contributed by atoms with Gasteiger partial charge in [-0.05, 0) is 6.92 Å². The van der Waals surface area contributed by atoms with Gasteiger partial charge in [0.1, 0.15) is 5.69 Å². The van der Waals surface area contributed by atoms with Crippen LogP contribution in [0.15, 0.2) is 34.9 Å². The number of hydrogen-bond donors (Lipinski definition) is 2. The first-order valence-corrected chi connectivity index (χ1v) is 6.72. The predicted octanol–water partition coefficient (Wildman–Crippen LogP) is 2.10. The van der Waals surface area contributed by atoms with E-state index in [9.17, 15) is 4.79 Å². The third-order valence-corrected chi connectivity index (χ3v) is 2.92. The van der Waals surface area contributed by atoms with Gasteiger partial charge in [0.05, 0.1) is 13.2 Å². The van der Waals surface area contributed by atoms with Crippen LogP contribution in [-0.2, 0) is 11.3 Å². The second-order valence-electron chi connectivity index (χ2n) is 4.65. The van der Waals surface area contributed by atoms with Crippen LogP contribution in [0.3, 0.4) is 0 Å². The van der Waals surface area contributed by atoms with E-state index in [4.69, 9.17) is 9.26 Å². The summed E-state index contributed by atoms with van der Waals surface area (Å²) in [5.74, 6) is 0.604. The number of methoxy groups -OCH3 is 1. The van der Waals surface area contributed by atoms with Crippen LogP contribution in [0.25, 0.3) is 11.3 Å². The van der Waals surface area contributed by atoms with Gasteiger partial charge in [-0.1, -0.05) is 35.0 Å². The molecule has 112 valence electrons. The highest BCUT2D eigenvalue weighted by atomic mass is 16.5. The number of carbonyl (C=O) groups is 1. The molecule has 0 aliphatic heterocycles. The van der Waals surface area contributed by atoms with E-state index in [-0.39, 0.29) is 12.6 Å². The van der Waals surface area contributed by atoms with Crippen molar-refractivity contribution >= 4 is 6.03 Å². The monoisotopic (exact) mass is 289 g/mol. The lowest BCUT2D eigenvalue weighted by Gasteiger charge is -2.04. The van der Waals surface area contributed by atoms with E-state index in [2.05, 4.69) is 15.8 Å². The van der Waals surface area contributed by atoms with Crippen LogP contribution in [0.2, 0.25) is 0 Å². The highest BCUT2D eigenvalue weighted by Crippen LogP contribution is 2.19. The summed E-state index contributed by atoms with van der Waals surface area (Å²) < 4.78 is 10.1. The van der Waals surface area contributed by atoms with Gasteiger partial charge >= 0.3 is 6.03 Å². The quantitative estimate of drug-likeness (QED) is 0.798. The van der Waals surface area contributed by atoms with Crippen molar-refractivity contribution in [1.82, 2.24) is 15.8 Å². The van der Waals surface area contributed by atoms with Gasteiger partial charge in [-0.3, -0.25) is 0 Å². The van der Waals surface area contributed by atoms with Crippen molar-refractivity contribution in [3.8, 4) is 11.3 Å². The van der Waals surface area contributed by atoms with Crippen molar-refractivity contribution in [2.45, 2.75) is 13.5 Å². The molecule has 1 heterocycles. The molecule has 1 aromatic carbocycles. The van der Waals surface area contributed by atoms with Gasteiger partial charge in [0.15, 0.2) is 5.76 Å². The van der Waals surface area contributed by atoms with Crippen molar-refractivity contribution in [2.75, 3.05) is 20.3 Å². The fourth-order valence-electron chi connectivity index (χ4n) is 1.75. The van der Waals surface area contributed by atoms with Gasteiger partial charge in [0.25, 0.3) is 0 Å². The fourth-order valence-corrected chi connectivity index (χ4v) is 1.75. The largest absolute Gasteiger partial charge is 0.383 e. The van der Waals surface area contributed by atoms with Crippen molar-refractivity contribution in [3.63, 3.8) is 0 Å². The Labute approximate surface area is 123 Å². The smallest absolute Gasteiger partial charge is 0.315 e. The number of benzene rings is 1. The maximum atomic E-state index is 11.5. The Morgan fingerprint density at radius 2 is 2.05 bits per heavy atom. The lowest BCUT2D eigenvalue weighted by molar-refractivity contribution is 0.195. The summed E-state index contributed by atoms with van der Waals surface area (Å²) in [7, 11) is 1.58. The first-order chi connectivity index (χ1) is 10.2. The molecule has 1 aromatic heterocycles. The molecule has 0 aliphatic carbocycles. The topological polar surface area (TPSA) is 76.4 Å². The second kappa shape index (κ2) is 7.44. The maximum Gasteiger partial charge on any atom is 0.315 e. The van der Waals surface area contributed by atoms with E-state index in [1.54, 1.807) is 7.11 Å². The zero-order valence-electron chi connectivity index (χ0n) is 12.2. The van der Waals surface area contributed by atoms with Crippen LogP contribution >= 0.6 is 0 Å². The summed E-state index contributed by atoms with van der Waals surface area (Å²) >= 11 is 0. The molecular weight excluding hydrogens is 270 g/mol.